The summed E-state index contributed by atoms with van der Waals surface area (Å²) in [5.74, 6) is 0.539. The molecule has 5 nitrogen and oxygen atoms in total. The predicted octanol–water partition coefficient (Wildman–Crippen LogP) is 3.84. The molecule has 1 heterocycles. The molecule has 0 aromatic heterocycles. The van der Waals surface area contributed by atoms with Crippen LogP contribution in [0.2, 0.25) is 0 Å². The van der Waals surface area contributed by atoms with Gasteiger partial charge < -0.3 is 19.1 Å². The van der Waals surface area contributed by atoms with E-state index in [-0.39, 0.29) is 11.7 Å². The number of ether oxygens (including phenoxy) is 3. The number of hydrogen-bond acceptors (Lipinski definition) is 4. The molecule has 0 unspecified atom stereocenters. The molecule has 0 atom stereocenters. The highest BCUT2D eigenvalue weighted by Crippen LogP contribution is 2.29. The van der Waals surface area contributed by atoms with Gasteiger partial charge in [0.15, 0.2) is 0 Å². The fraction of sp³-hybridized carbons (Fsp3) is 0.941. The van der Waals surface area contributed by atoms with Gasteiger partial charge in [-0.1, -0.05) is 29.8 Å². The van der Waals surface area contributed by atoms with Gasteiger partial charge in [-0.15, -0.1) is 0 Å². The summed E-state index contributed by atoms with van der Waals surface area (Å²) in [5, 5.41) is 0.770. The number of halogens is 1. The number of carbonyl (C=O) groups excluding carboxylic acids is 1. The second-order valence-corrected chi connectivity index (χ2v) is 8.16. The first-order chi connectivity index (χ1) is 10.7. The zero-order chi connectivity index (χ0) is 17.5. The Morgan fingerprint density at radius 1 is 1.22 bits per heavy atom. The van der Waals surface area contributed by atoms with E-state index in [4.69, 9.17) is 14.2 Å². The van der Waals surface area contributed by atoms with Gasteiger partial charge in [0.05, 0.1) is 18.8 Å². The van der Waals surface area contributed by atoms with Crippen LogP contribution in [0.1, 0.15) is 47.5 Å². The number of alkyl halides is 1. The number of likely N-dealkylation sites (tertiary alicyclic amines) is 1. The van der Waals surface area contributed by atoms with Crippen LogP contribution in [0.15, 0.2) is 0 Å². The van der Waals surface area contributed by atoms with Crippen LogP contribution in [0.5, 0.6) is 0 Å². The van der Waals surface area contributed by atoms with E-state index in [2.05, 4.69) is 29.8 Å². The number of carbonyl (C=O) groups is 1. The molecule has 1 rings (SSSR count). The molecule has 0 aliphatic carbocycles. The molecule has 0 N–H and O–H groups in total. The lowest BCUT2D eigenvalue weighted by Gasteiger charge is -2.40. The van der Waals surface area contributed by atoms with Gasteiger partial charge in [-0.2, -0.15) is 0 Å². The Bertz CT molecular complexity index is 360. The smallest absolute Gasteiger partial charge is 0.410 e. The summed E-state index contributed by atoms with van der Waals surface area (Å²) in [6.45, 7) is 13.2. The summed E-state index contributed by atoms with van der Waals surface area (Å²) >= 11 is 3.57. The summed E-state index contributed by atoms with van der Waals surface area (Å²) in [6, 6.07) is 0. The monoisotopic (exact) mass is 393 g/mol. The van der Waals surface area contributed by atoms with Crippen LogP contribution in [0, 0.1) is 5.92 Å². The normalized spacial score (nSPS) is 18.3. The van der Waals surface area contributed by atoms with Gasteiger partial charge >= 0.3 is 6.09 Å². The van der Waals surface area contributed by atoms with Crippen molar-refractivity contribution in [2.75, 3.05) is 38.2 Å². The van der Waals surface area contributed by atoms with E-state index >= 15 is 0 Å². The van der Waals surface area contributed by atoms with Crippen LogP contribution in [0.3, 0.4) is 0 Å². The van der Waals surface area contributed by atoms with Crippen molar-refractivity contribution >= 4 is 22.0 Å². The van der Waals surface area contributed by atoms with Crippen LogP contribution >= 0.6 is 15.9 Å². The average Bonchev–Trinajstić information content (AvgIpc) is 2.45. The number of amides is 1. The molecule has 1 fully saturated rings. The fourth-order valence-electron chi connectivity index (χ4n) is 2.38. The molecule has 0 aromatic rings. The third kappa shape index (κ3) is 7.86. The third-order valence-electron chi connectivity index (χ3n) is 3.66. The van der Waals surface area contributed by atoms with Crippen LogP contribution in [-0.2, 0) is 14.2 Å². The van der Waals surface area contributed by atoms with Crippen LogP contribution in [0.25, 0.3) is 0 Å². The maximum absolute atomic E-state index is 12.1. The molecule has 0 spiro atoms. The van der Waals surface area contributed by atoms with Crippen molar-refractivity contribution in [1.29, 1.82) is 0 Å². The summed E-state index contributed by atoms with van der Waals surface area (Å²) in [4.78, 5) is 13.9. The molecule has 136 valence electrons. The quantitative estimate of drug-likeness (QED) is 0.486. The Morgan fingerprint density at radius 3 is 2.30 bits per heavy atom. The van der Waals surface area contributed by atoms with Crippen LogP contribution < -0.4 is 0 Å². The lowest BCUT2D eigenvalue weighted by Crippen LogP contribution is -2.50. The molecular formula is C17H32BrNO4. The van der Waals surface area contributed by atoms with Gasteiger partial charge in [-0.25, -0.2) is 4.79 Å². The van der Waals surface area contributed by atoms with Crippen molar-refractivity contribution < 1.29 is 19.0 Å². The van der Waals surface area contributed by atoms with Crippen molar-refractivity contribution in [2.45, 2.75) is 58.7 Å². The SMILES string of the molecule is CC(C)COCCOC1(CBr)CCN(C(=O)OC(C)(C)C)CC1. The van der Waals surface area contributed by atoms with Gasteiger partial charge in [-0.3, -0.25) is 0 Å². The average molecular weight is 394 g/mol. The molecule has 1 aliphatic heterocycles. The Hall–Kier alpha value is -0.330. The standard InChI is InChI=1S/C17H32BrNO4/c1-14(2)12-21-10-11-22-17(13-18)6-8-19(9-7-17)15(20)23-16(3,4)5/h14H,6-13H2,1-5H3. The van der Waals surface area contributed by atoms with E-state index < -0.39 is 5.60 Å². The van der Waals surface area contributed by atoms with Gasteiger partial charge in [0.2, 0.25) is 0 Å². The number of rotatable bonds is 7. The second-order valence-electron chi connectivity index (χ2n) is 7.60. The van der Waals surface area contributed by atoms with Gasteiger partial charge in [0, 0.05) is 25.0 Å². The zero-order valence-electron chi connectivity index (χ0n) is 15.2. The second kappa shape index (κ2) is 9.23. The summed E-state index contributed by atoms with van der Waals surface area (Å²) < 4.78 is 17.1. The van der Waals surface area contributed by atoms with E-state index in [0.717, 1.165) is 24.8 Å². The molecule has 0 bridgehead atoms. The Kier molecular flexibility index (Phi) is 8.31. The van der Waals surface area contributed by atoms with Crippen molar-refractivity contribution in [3.8, 4) is 0 Å². The summed E-state index contributed by atoms with van der Waals surface area (Å²) in [7, 11) is 0. The van der Waals surface area contributed by atoms with E-state index in [9.17, 15) is 4.79 Å². The minimum Gasteiger partial charge on any atom is -0.444 e. The third-order valence-corrected chi connectivity index (χ3v) is 4.68. The van der Waals surface area contributed by atoms with E-state index in [1.807, 2.05) is 20.8 Å². The Balaban J connectivity index is 2.36. The van der Waals surface area contributed by atoms with Crippen LogP contribution in [-0.4, -0.2) is 60.4 Å². The number of piperidine rings is 1. The van der Waals surface area contributed by atoms with E-state index in [0.29, 0.717) is 32.2 Å². The van der Waals surface area contributed by atoms with E-state index in [1.165, 1.54) is 0 Å². The minimum atomic E-state index is -0.453. The molecule has 1 amide bonds. The highest BCUT2D eigenvalue weighted by Gasteiger charge is 2.37. The molecule has 0 radical (unpaired) electrons. The molecular weight excluding hydrogens is 362 g/mol. The van der Waals surface area contributed by atoms with Crippen molar-refractivity contribution in [3.63, 3.8) is 0 Å². The molecule has 23 heavy (non-hydrogen) atoms. The fourth-order valence-corrected chi connectivity index (χ4v) is 3.10. The van der Waals surface area contributed by atoms with Crippen molar-refractivity contribution in [2.24, 2.45) is 5.92 Å². The van der Waals surface area contributed by atoms with Gasteiger partial charge in [0.1, 0.15) is 5.60 Å². The van der Waals surface area contributed by atoms with Crippen molar-refractivity contribution in [3.05, 3.63) is 0 Å². The Labute approximate surface area is 149 Å². The highest BCUT2D eigenvalue weighted by molar-refractivity contribution is 9.09. The lowest BCUT2D eigenvalue weighted by atomic mass is 9.93. The first-order valence-corrected chi connectivity index (χ1v) is 9.55. The number of hydrogen-bond donors (Lipinski definition) is 0. The first-order valence-electron chi connectivity index (χ1n) is 8.43. The van der Waals surface area contributed by atoms with Gasteiger partial charge in [0.25, 0.3) is 0 Å². The molecule has 1 saturated heterocycles. The first kappa shape index (κ1) is 20.7. The molecule has 6 heteroatoms. The number of nitrogens with zero attached hydrogens (tertiary/aromatic N) is 1. The maximum Gasteiger partial charge on any atom is 0.410 e. The highest BCUT2D eigenvalue weighted by atomic mass is 79.9. The summed E-state index contributed by atoms with van der Waals surface area (Å²) in [5.41, 5.74) is -0.662. The topological polar surface area (TPSA) is 48.0 Å². The molecule has 0 saturated carbocycles. The lowest BCUT2D eigenvalue weighted by molar-refractivity contribution is -0.0855. The maximum atomic E-state index is 12.1. The van der Waals surface area contributed by atoms with Crippen molar-refractivity contribution in [1.82, 2.24) is 4.90 Å². The van der Waals surface area contributed by atoms with Gasteiger partial charge in [-0.05, 0) is 39.5 Å². The predicted molar refractivity (Wildman–Crippen MR) is 95.2 cm³/mol. The van der Waals surface area contributed by atoms with Crippen LogP contribution in [0.4, 0.5) is 4.79 Å². The molecule has 0 aromatic carbocycles. The zero-order valence-corrected chi connectivity index (χ0v) is 16.8. The largest absolute Gasteiger partial charge is 0.444 e. The molecule has 1 aliphatic rings. The summed E-state index contributed by atoms with van der Waals surface area (Å²) in [6.07, 6.45) is 1.38. The van der Waals surface area contributed by atoms with E-state index in [1.54, 1.807) is 4.90 Å². The Morgan fingerprint density at radius 2 is 1.83 bits per heavy atom. The minimum absolute atomic E-state index is 0.209.